The minimum absolute atomic E-state index is 0.0606. The quantitative estimate of drug-likeness (QED) is 0.887. The van der Waals surface area contributed by atoms with Crippen LogP contribution in [0, 0.1) is 0 Å². The van der Waals surface area contributed by atoms with Crippen LogP contribution in [0.15, 0.2) is 35.8 Å². The molecule has 1 unspecified atom stereocenters. The lowest BCUT2D eigenvalue weighted by Gasteiger charge is -2.30. The van der Waals surface area contributed by atoms with Crippen LogP contribution in [0.5, 0.6) is 11.5 Å². The molecule has 0 radical (unpaired) electrons. The van der Waals surface area contributed by atoms with Crippen LogP contribution in [-0.4, -0.2) is 37.4 Å². The Kier molecular flexibility index (Phi) is 5.26. The van der Waals surface area contributed by atoms with Gasteiger partial charge in [0, 0.05) is 24.7 Å². The first-order valence-corrected chi connectivity index (χ1v) is 8.36. The molecule has 0 bridgehead atoms. The molecule has 0 spiro atoms. The maximum Gasteiger partial charge on any atom is 0.177 e. The molecule has 0 amide bonds. The monoisotopic (exact) mass is 320 g/mol. The number of ether oxygens (including phenoxy) is 3. The fourth-order valence-electron chi connectivity index (χ4n) is 2.40. The molecule has 0 aliphatic carbocycles. The van der Waals surface area contributed by atoms with Crippen LogP contribution in [0.25, 0.3) is 0 Å². The Balaban J connectivity index is 1.83. The van der Waals surface area contributed by atoms with Crippen molar-refractivity contribution in [1.29, 1.82) is 0 Å². The molecule has 22 heavy (non-hydrogen) atoms. The van der Waals surface area contributed by atoms with Crippen molar-refractivity contribution in [2.24, 2.45) is 0 Å². The number of aromatic nitrogens is 1. The van der Waals surface area contributed by atoms with E-state index in [0.29, 0.717) is 13.2 Å². The van der Waals surface area contributed by atoms with Crippen molar-refractivity contribution in [2.45, 2.75) is 19.1 Å². The molecule has 2 atom stereocenters. The third kappa shape index (κ3) is 3.58. The molecule has 6 heteroatoms. The number of hydrogen-bond donors (Lipinski definition) is 1. The zero-order valence-corrected chi connectivity index (χ0v) is 13.3. The number of rotatable bonds is 6. The largest absolute Gasteiger partial charge is 0.490 e. The van der Waals surface area contributed by atoms with E-state index in [0.717, 1.165) is 29.6 Å². The molecule has 1 aliphatic rings. The standard InChI is InChI=1S/C16H20N2O3S/c1-2-19-12-5-3-4-6-13(12)21-15(16-18-8-10-22-16)14-11-17-7-9-20-14/h3-6,8,10,14-15,17H,2,7,9,11H2,1H3/t14-,15?/m0/s1. The first-order valence-electron chi connectivity index (χ1n) is 7.48. The highest BCUT2D eigenvalue weighted by Crippen LogP contribution is 2.34. The van der Waals surface area contributed by atoms with Gasteiger partial charge in [-0.3, -0.25) is 0 Å². The van der Waals surface area contributed by atoms with Crippen LogP contribution in [-0.2, 0) is 4.74 Å². The summed E-state index contributed by atoms with van der Waals surface area (Å²) >= 11 is 1.58. The Hall–Kier alpha value is -1.63. The van der Waals surface area contributed by atoms with Crippen LogP contribution in [0.1, 0.15) is 18.0 Å². The molecule has 0 saturated carbocycles. The fraction of sp³-hybridized carbons (Fsp3) is 0.438. The number of hydrogen-bond acceptors (Lipinski definition) is 6. The van der Waals surface area contributed by atoms with Gasteiger partial charge in [0.1, 0.15) is 11.1 Å². The minimum Gasteiger partial charge on any atom is -0.490 e. The van der Waals surface area contributed by atoms with E-state index in [-0.39, 0.29) is 12.2 Å². The molecule has 2 heterocycles. The Morgan fingerprint density at radius 1 is 1.41 bits per heavy atom. The van der Waals surface area contributed by atoms with E-state index in [1.165, 1.54) is 0 Å². The molecule has 2 aromatic rings. The number of nitrogens with zero attached hydrogens (tertiary/aromatic N) is 1. The molecule has 1 saturated heterocycles. The van der Waals surface area contributed by atoms with E-state index in [1.54, 1.807) is 17.5 Å². The summed E-state index contributed by atoms with van der Waals surface area (Å²) in [5, 5.41) is 6.21. The zero-order chi connectivity index (χ0) is 15.2. The van der Waals surface area contributed by atoms with E-state index in [4.69, 9.17) is 14.2 Å². The third-order valence-corrected chi connectivity index (χ3v) is 4.23. The lowest BCUT2D eigenvalue weighted by Crippen LogP contribution is -2.43. The SMILES string of the molecule is CCOc1ccccc1OC(c1nccs1)[C@@H]1CNCCO1. The van der Waals surface area contributed by atoms with E-state index < -0.39 is 0 Å². The number of para-hydroxylation sites is 2. The van der Waals surface area contributed by atoms with Crippen LogP contribution in [0.4, 0.5) is 0 Å². The van der Waals surface area contributed by atoms with E-state index >= 15 is 0 Å². The van der Waals surface area contributed by atoms with Gasteiger partial charge in [-0.1, -0.05) is 12.1 Å². The number of benzene rings is 1. The Morgan fingerprint density at radius 2 is 2.27 bits per heavy atom. The number of morpholine rings is 1. The Labute approximate surface area is 134 Å². The average Bonchev–Trinajstić information content (AvgIpc) is 3.09. The van der Waals surface area contributed by atoms with E-state index in [9.17, 15) is 0 Å². The minimum atomic E-state index is -0.241. The summed E-state index contributed by atoms with van der Waals surface area (Å²) in [6, 6.07) is 7.71. The van der Waals surface area contributed by atoms with Gasteiger partial charge in [-0.15, -0.1) is 11.3 Å². The highest BCUT2D eigenvalue weighted by molar-refractivity contribution is 7.09. The molecule has 1 aliphatic heterocycles. The molecule has 1 fully saturated rings. The molecule has 1 N–H and O–H groups in total. The second-order valence-electron chi connectivity index (χ2n) is 4.90. The highest BCUT2D eigenvalue weighted by atomic mass is 32.1. The van der Waals surface area contributed by atoms with Gasteiger partial charge in [-0.25, -0.2) is 4.98 Å². The van der Waals surface area contributed by atoms with Crippen molar-refractivity contribution in [3.05, 3.63) is 40.8 Å². The maximum absolute atomic E-state index is 6.24. The third-order valence-electron chi connectivity index (χ3n) is 3.39. The second kappa shape index (κ2) is 7.58. The van der Waals surface area contributed by atoms with Gasteiger partial charge in [0.2, 0.25) is 0 Å². The van der Waals surface area contributed by atoms with Crippen molar-refractivity contribution in [2.75, 3.05) is 26.3 Å². The summed E-state index contributed by atoms with van der Waals surface area (Å²) in [6.07, 6.45) is 1.49. The van der Waals surface area contributed by atoms with Crippen LogP contribution < -0.4 is 14.8 Å². The Bertz CT molecular complexity index is 571. The summed E-state index contributed by atoms with van der Waals surface area (Å²) in [5.74, 6) is 1.47. The van der Waals surface area contributed by atoms with Gasteiger partial charge in [0.25, 0.3) is 0 Å². The zero-order valence-electron chi connectivity index (χ0n) is 12.5. The van der Waals surface area contributed by atoms with Crippen LogP contribution in [0.3, 0.4) is 0 Å². The summed E-state index contributed by atoms with van der Waals surface area (Å²) in [4.78, 5) is 4.41. The molecule has 3 rings (SSSR count). The fourth-order valence-corrected chi connectivity index (χ4v) is 3.12. The van der Waals surface area contributed by atoms with E-state index in [1.807, 2.05) is 36.6 Å². The smallest absolute Gasteiger partial charge is 0.177 e. The summed E-state index contributed by atoms with van der Waals surface area (Å²) in [7, 11) is 0. The summed E-state index contributed by atoms with van der Waals surface area (Å²) < 4.78 is 17.8. The van der Waals surface area contributed by atoms with Gasteiger partial charge in [-0.05, 0) is 19.1 Å². The van der Waals surface area contributed by atoms with Crippen LogP contribution >= 0.6 is 11.3 Å². The normalized spacial score (nSPS) is 19.6. The maximum atomic E-state index is 6.24. The number of nitrogens with one attached hydrogen (secondary N) is 1. The summed E-state index contributed by atoms with van der Waals surface area (Å²) in [6.45, 7) is 4.87. The van der Waals surface area contributed by atoms with Crippen molar-refractivity contribution >= 4 is 11.3 Å². The second-order valence-corrected chi connectivity index (χ2v) is 5.83. The Morgan fingerprint density at radius 3 is 2.95 bits per heavy atom. The molecular formula is C16H20N2O3S. The average molecular weight is 320 g/mol. The van der Waals surface area contributed by atoms with Crippen molar-refractivity contribution in [3.8, 4) is 11.5 Å². The van der Waals surface area contributed by atoms with E-state index in [2.05, 4.69) is 10.3 Å². The van der Waals surface area contributed by atoms with Gasteiger partial charge in [0.05, 0.1) is 13.2 Å². The molecule has 1 aromatic heterocycles. The number of thiazole rings is 1. The lowest BCUT2D eigenvalue weighted by atomic mass is 10.2. The first kappa shape index (κ1) is 15.3. The molecule has 1 aromatic carbocycles. The predicted octanol–water partition coefficient (Wildman–Crippen LogP) is 2.65. The predicted molar refractivity (Wildman–Crippen MR) is 85.7 cm³/mol. The van der Waals surface area contributed by atoms with Gasteiger partial charge >= 0.3 is 0 Å². The van der Waals surface area contributed by atoms with Crippen molar-refractivity contribution in [1.82, 2.24) is 10.3 Å². The molecular weight excluding hydrogens is 300 g/mol. The van der Waals surface area contributed by atoms with Gasteiger partial charge < -0.3 is 19.5 Å². The first-order chi connectivity index (χ1) is 10.9. The summed E-state index contributed by atoms with van der Waals surface area (Å²) in [5.41, 5.74) is 0. The van der Waals surface area contributed by atoms with Crippen molar-refractivity contribution < 1.29 is 14.2 Å². The molecule has 118 valence electrons. The van der Waals surface area contributed by atoms with Gasteiger partial charge in [-0.2, -0.15) is 0 Å². The van der Waals surface area contributed by atoms with Gasteiger partial charge in [0.15, 0.2) is 17.6 Å². The van der Waals surface area contributed by atoms with Crippen LogP contribution in [0.2, 0.25) is 0 Å². The lowest BCUT2D eigenvalue weighted by molar-refractivity contribution is -0.0439. The molecule has 5 nitrogen and oxygen atoms in total. The topological polar surface area (TPSA) is 52.6 Å². The highest BCUT2D eigenvalue weighted by Gasteiger charge is 2.30. The van der Waals surface area contributed by atoms with Crippen molar-refractivity contribution in [3.63, 3.8) is 0 Å².